The van der Waals surface area contributed by atoms with Crippen molar-refractivity contribution in [2.45, 2.75) is 29.1 Å². The highest BCUT2D eigenvalue weighted by Crippen LogP contribution is 2.34. The van der Waals surface area contributed by atoms with Crippen molar-refractivity contribution in [1.29, 1.82) is 0 Å². The van der Waals surface area contributed by atoms with Crippen LogP contribution >= 0.6 is 11.6 Å². The minimum Gasteiger partial charge on any atom is -0.377 e. The Balaban J connectivity index is 1.68. The van der Waals surface area contributed by atoms with Gasteiger partial charge in [0.15, 0.2) is 0 Å². The standard InChI is InChI=1S/C26H29ClN2O2S/c1-28(2)25-17-21-11-13-29(3)14-12-22(21)18-26(25)32(30,31)24-9-7-19(8-10-24)15-20-5-4-6-23(27)16-20/h4-10,16-18H,11-15H2,1-3H3. The Morgan fingerprint density at radius 2 is 1.56 bits per heavy atom. The zero-order valence-electron chi connectivity index (χ0n) is 18.8. The van der Waals surface area contributed by atoms with E-state index in [1.807, 2.05) is 61.5 Å². The number of hydrogen-bond donors (Lipinski definition) is 0. The monoisotopic (exact) mass is 468 g/mol. The lowest BCUT2D eigenvalue weighted by atomic mass is 10.0. The highest BCUT2D eigenvalue weighted by atomic mass is 35.5. The number of fused-ring (bicyclic) bond motifs is 1. The third-order valence-electron chi connectivity index (χ3n) is 6.11. The predicted molar refractivity (Wildman–Crippen MR) is 132 cm³/mol. The van der Waals surface area contributed by atoms with E-state index in [9.17, 15) is 8.42 Å². The molecule has 0 spiro atoms. The molecule has 1 aliphatic heterocycles. The first-order valence-electron chi connectivity index (χ1n) is 10.8. The summed E-state index contributed by atoms with van der Waals surface area (Å²) < 4.78 is 27.3. The maximum Gasteiger partial charge on any atom is 0.208 e. The molecule has 1 heterocycles. The largest absolute Gasteiger partial charge is 0.377 e. The number of likely N-dealkylation sites (N-methyl/N-ethyl adjacent to an activating group) is 1. The Bertz CT molecular complexity index is 1220. The molecule has 0 amide bonds. The summed E-state index contributed by atoms with van der Waals surface area (Å²) >= 11 is 6.09. The lowest BCUT2D eigenvalue weighted by Crippen LogP contribution is -2.20. The third kappa shape index (κ3) is 4.85. The summed E-state index contributed by atoms with van der Waals surface area (Å²) in [6, 6.07) is 18.9. The van der Waals surface area contributed by atoms with Crippen molar-refractivity contribution in [3.05, 3.63) is 87.9 Å². The van der Waals surface area contributed by atoms with Gasteiger partial charge in [-0.25, -0.2) is 8.42 Å². The van der Waals surface area contributed by atoms with Crippen molar-refractivity contribution >= 4 is 27.1 Å². The molecule has 0 radical (unpaired) electrons. The van der Waals surface area contributed by atoms with E-state index >= 15 is 0 Å². The molecule has 168 valence electrons. The van der Waals surface area contributed by atoms with Crippen molar-refractivity contribution < 1.29 is 8.42 Å². The molecule has 1 aliphatic rings. The summed E-state index contributed by atoms with van der Waals surface area (Å²) in [5.41, 5.74) is 5.27. The summed E-state index contributed by atoms with van der Waals surface area (Å²) in [6.07, 6.45) is 2.50. The van der Waals surface area contributed by atoms with Crippen LogP contribution in [-0.2, 0) is 29.1 Å². The first-order chi connectivity index (χ1) is 15.2. The number of benzene rings is 3. The summed E-state index contributed by atoms with van der Waals surface area (Å²) in [7, 11) is 2.27. The third-order valence-corrected chi connectivity index (χ3v) is 8.14. The SMILES string of the molecule is CN1CCc2cc(N(C)C)c(S(=O)(=O)c3ccc(Cc4cccc(Cl)c4)cc3)cc2CC1. The van der Waals surface area contributed by atoms with Crippen molar-refractivity contribution in [2.24, 2.45) is 0 Å². The smallest absolute Gasteiger partial charge is 0.208 e. The maximum atomic E-state index is 13.7. The molecule has 32 heavy (non-hydrogen) atoms. The zero-order chi connectivity index (χ0) is 22.9. The van der Waals surface area contributed by atoms with E-state index in [1.165, 1.54) is 5.56 Å². The molecule has 0 saturated carbocycles. The minimum atomic E-state index is -3.65. The fraction of sp³-hybridized carbons (Fsp3) is 0.308. The Labute approximate surface area is 196 Å². The van der Waals surface area contributed by atoms with Gasteiger partial charge in [-0.05, 0) is 85.0 Å². The van der Waals surface area contributed by atoms with Gasteiger partial charge in [-0.3, -0.25) is 0 Å². The molecule has 0 unspecified atom stereocenters. The van der Waals surface area contributed by atoms with Crippen molar-refractivity contribution in [1.82, 2.24) is 4.90 Å². The summed E-state index contributed by atoms with van der Waals surface area (Å²) in [5, 5.41) is 0.701. The first kappa shape index (κ1) is 22.8. The Hall–Kier alpha value is -2.34. The summed E-state index contributed by atoms with van der Waals surface area (Å²) in [5.74, 6) is 0. The van der Waals surface area contributed by atoms with Gasteiger partial charge in [0.25, 0.3) is 0 Å². The van der Waals surface area contributed by atoms with Crippen LogP contribution in [0, 0.1) is 0 Å². The number of halogens is 1. The lowest BCUT2D eigenvalue weighted by molar-refractivity contribution is 0.352. The molecule has 0 bridgehead atoms. The Kier molecular flexibility index (Phi) is 6.61. The second-order valence-electron chi connectivity index (χ2n) is 8.74. The quantitative estimate of drug-likeness (QED) is 0.536. The number of sulfone groups is 1. The van der Waals surface area contributed by atoms with E-state index in [0.717, 1.165) is 48.3 Å². The summed E-state index contributed by atoms with van der Waals surface area (Å²) in [4.78, 5) is 4.90. The van der Waals surface area contributed by atoms with Gasteiger partial charge in [0, 0.05) is 32.2 Å². The van der Waals surface area contributed by atoms with Crippen LogP contribution in [0.4, 0.5) is 5.69 Å². The Morgan fingerprint density at radius 1 is 0.906 bits per heavy atom. The molecule has 4 nitrogen and oxygen atoms in total. The normalized spacial score (nSPS) is 14.6. The fourth-order valence-electron chi connectivity index (χ4n) is 4.21. The van der Waals surface area contributed by atoms with Crippen LogP contribution in [0.5, 0.6) is 0 Å². The van der Waals surface area contributed by atoms with E-state index in [2.05, 4.69) is 18.0 Å². The number of hydrogen-bond acceptors (Lipinski definition) is 4. The van der Waals surface area contributed by atoms with Gasteiger partial charge in [-0.1, -0.05) is 35.9 Å². The molecule has 4 rings (SSSR count). The molecule has 3 aromatic carbocycles. The van der Waals surface area contributed by atoms with Crippen LogP contribution < -0.4 is 4.90 Å². The zero-order valence-corrected chi connectivity index (χ0v) is 20.4. The van der Waals surface area contributed by atoms with Gasteiger partial charge < -0.3 is 9.80 Å². The molecular formula is C26H29ClN2O2S. The van der Waals surface area contributed by atoms with Crippen LogP contribution in [-0.4, -0.2) is 47.6 Å². The highest BCUT2D eigenvalue weighted by Gasteiger charge is 2.25. The highest BCUT2D eigenvalue weighted by molar-refractivity contribution is 7.91. The number of anilines is 1. The van der Waals surface area contributed by atoms with Crippen LogP contribution in [0.3, 0.4) is 0 Å². The van der Waals surface area contributed by atoms with Gasteiger partial charge in [0.2, 0.25) is 9.84 Å². The number of rotatable bonds is 5. The van der Waals surface area contributed by atoms with Gasteiger partial charge in [-0.2, -0.15) is 0 Å². The number of nitrogens with zero attached hydrogens (tertiary/aromatic N) is 2. The van der Waals surface area contributed by atoms with Crippen LogP contribution in [0.25, 0.3) is 0 Å². The molecular weight excluding hydrogens is 440 g/mol. The molecule has 0 N–H and O–H groups in total. The van der Waals surface area contributed by atoms with E-state index in [4.69, 9.17) is 11.6 Å². The van der Waals surface area contributed by atoms with E-state index < -0.39 is 9.84 Å². The maximum absolute atomic E-state index is 13.7. The molecule has 0 aliphatic carbocycles. The van der Waals surface area contributed by atoms with Crippen molar-refractivity contribution in [2.75, 3.05) is 39.1 Å². The summed E-state index contributed by atoms with van der Waals surface area (Å²) in [6.45, 7) is 1.92. The molecule has 6 heteroatoms. The second-order valence-corrected chi connectivity index (χ2v) is 11.1. The van der Waals surface area contributed by atoms with Crippen molar-refractivity contribution in [3.63, 3.8) is 0 Å². The molecule has 0 atom stereocenters. The first-order valence-corrected chi connectivity index (χ1v) is 12.7. The second kappa shape index (κ2) is 9.26. The van der Waals surface area contributed by atoms with E-state index in [-0.39, 0.29) is 0 Å². The van der Waals surface area contributed by atoms with E-state index in [1.54, 1.807) is 12.1 Å². The average Bonchev–Trinajstić information content (AvgIpc) is 2.94. The van der Waals surface area contributed by atoms with Crippen LogP contribution in [0.1, 0.15) is 22.3 Å². The average molecular weight is 469 g/mol. The molecule has 0 aromatic heterocycles. The van der Waals surface area contributed by atoms with Gasteiger partial charge in [0.05, 0.1) is 15.5 Å². The van der Waals surface area contributed by atoms with Gasteiger partial charge >= 0.3 is 0 Å². The van der Waals surface area contributed by atoms with Crippen LogP contribution in [0.2, 0.25) is 5.02 Å². The van der Waals surface area contributed by atoms with Crippen LogP contribution in [0.15, 0.2) is 70.5 Å². The van der Waals surface area contributed by atoms with Gasteiger partial charge in [-0.15, -0.1) is 0 Å². The van der Waals surface area contributed by atoms with E-state index in [0.29, 0.717) is 21.2 Å². The lowest BCUT2D eigenvalue weighted by Gasteiger charge is -2.21. The topological polar surface area (TPSA) is 40.6 Å². The fourth-order valence-corrected chi connectivity index (χ4v) is 5.99. The van der Waals surface area contributed by atoms with Crippen molar-refractivity contribution in [3.8, 4) is 0 Å². The molecule has 0 saturated heterocycles. The molecule has 3 aromatic rings. The van der Waals surface area contributed by atoms with Gasteiger partial charge in [0.1, 0.15) is 0 Å². The minimum absolute atomic E-state index is 0.320. The molecule has 0 fully saturated rings. The predicted octanol–water partition coefficient (Wildman–Crippen LogP) is 4.86. The Morgan fingerprint density at radius 3 is 2.19 bits per heavy atom.